The van der Waals surface area contributed by atoms with Gasteiger partial charge in [0, 0.05) is 11.8 Å². The van der Waals surface area contributed by atoms with Gasteiger partial charge in [0.05, 0.1) is 6.26 Å². The van der Waals surface area contributed by atoms with Gasteiger partial charge in [-0.15, -0.1) is 0 Å². The van der Waals surface area contributed by atoms with Crippen molar-refractivity contribution in [2.75, 3.05) is 6.26 Å². The van der Waals surface area contributed by atoms with E-state index in [0.29, 0.717) is 5.15 Å². The van der Waals surface area contributed by atoms with Crippen LogP contribution < -0.4 is 0 Å². The number of nitrogens with zero attached hydrogens (tertiary/aromatic N) is 1. The predicted octanol–water partition coefficient (Wildman–Crippen LogP) is 2.17. The van der Waals surface area contributed by atoms with E-state index in [2.05, 4.69) is 4.98 Å². The number of halogens is 1. The highest BCUT2D eigenvalue weighted by atomic mass is 35.5. The van der Waals surface area contributed by atoms with Gasteiger partial charge in [-0.25, -0.2) is 4.98 Å². The van der Waals surface area contributed by atoms with Crippen molar-refractivity contribution in [2.24, 2.45) is 0 Å². The van der Waals surface area contributed by atoms with E-state index in [1.165, 1.54) is 0 Å². The third kappa shape index (κ3) is 2.37. The molecule has 1 aromatic rings. The maximum absolute atomic E-state index is 11.1. The molecule has 2 atom stereocenters. The minimum Gasteiger partial charge on any atom is -0.616 e. The zero-order chi connectivity index (χ0) is 9.14. The quantitative estimate of drug-likeness (QED) is 0.546. The van der Waals surface area contributed by atoms with Gasteiger partial charge in [-0.3, -0.25) is 0 Å². The summed E-state index contributed by atoms with van der Waals surface area (Å²) in [5.41, 5.74) is 0.959. The topological polar surface area (TPSA) is 36.0 Å². The lowest BCUT2D eigenvalue weighted by atomic mass is 10.2. The highest BCUT2D eigenvalue weighted by molar-refractivity contribution is 7.90. The van der Waals surface area contributed by atoms with Gasteiger partial charge >= 0.3 is 0 Å². The van der Waals surface area contributed by atoms with E-state index in [9.17, 15) is 4.55 Å². The van der Waals surface area contributed by atoms with Crippen LogP contribution in [0.4, 0.5) is 0 Å². The number of hydrogen-bond donors (Lipinski definition) is 0. The number of aromatic nitrogens is 1. The van der Waals surface area contributed by atoms with Crippen molar-refractivity contribution in [3.8, 4) is 0 Å². The Labute approximate surface area is 80.1 Å². The summed E-state index contributed by atoms with van der Waals surface area (Å²) < 4.78 is 11.1. The third-order valence-electron chi connectivity index (χ3n) is 1.72. The Kier molecular flexibility index (Phi) is 3.38. The molecule has 0 fully saturated rings. The Morgan fingerprint density at radius 1 is 1.58 bits per heavy atom. The van der Waals surface area contributed by atoms with Crippen molar-refractivity contribution in [1.29, 1.82) is 0 Å². The molecule has 1 aromatic heterocycles. The Balaban J connectivity index is 2.82. The van der Waals surface area contributed by atoms with Crippen LogP contribution in [0.1, 0.15) is 17.7 Å². The van der Waals surface area contributed by atoms with Crippen molar-refractivity contribution in [1.82, 2.24) is 4.98 Å². The molecule has 0 aliphatic heterocycles. The Morgan fingerprint density at radius 2 is 2.25 bits per heavy atom. The molecule has 1 heterocycles. The van der Waals surface area contributed by atoms with Gasteiger partial charge in [-0.1, -0.05) is 11.6 Å². The molecular weight excluding hydrogens is 194 g/mol. The van der Waals surface area contributed by atoms with Gasteiger partial charge in [-0.05, 0) is 30.2 Å². The molecule has 0 saturated carbocycles. The molecule has 66 valence electrons. The first-order valence-electron chi connectivity index (χ1n) is 3.55. The molecule has 12 heavy (non-hydrogen) atoms. The van der Waals surface area contributed by atoms with Crippen LogP contribution in [-0.2, 0) is 11.2 Å². The van der Waals surface area contributed by atoms with Crippen LogP contribution >= 0.6 is 11.6 Å². The molecule has 0 bridgehead atoms. The molecule has 1 rings (SSSR count). The van der Waals surface area contributed by atoms with Crippen LogP contribution in [0.5, 0.6) is 0 Å². The fraction of sp³-hybridized carbons (Fsp3) is 0.375. The average Bonchev–Trinajstić information content (AvgIpc) is 2.04. The fourth-order valence-electron chi connectivity index (χ4n) is 0.819. The molecule has 0 aliphatic rings. The summed E-state index contributed by atoms with van der Waals surface area (Å²) in [6.45, 7) is 1.90. The van der Waals surface area contributed by atoms with Gasteiger partial charge in [0.1, 0.15) is 10.4 Å². The largest absolute Gasteiger partial charge is 0.616 e. The van der Waals surface area contributed by atoms with Crippen molar-refractivity contribution < 1.29 is 4.55 Å². The molecule has 0 saturated heterocycles. The van der Waals surface area contributed by atoms with E-state index >= 15 is 0 Å². The van der Waals surface area contributed by atoms with Crippen molar-refractivity contribution in [3.05, 3.63) is 29.0 Å². The molecule has 0 aromatic carbocycles. The zero-order valence-electron chi connectivity index (χ0n) is 6.95. The minimum atomic E-state index is -0.851. The van der Waals surface area contributed by atoms with E-state index in [0.717, 1.165) is 5.56 Å². The summed E-state index contributed by atoms with van der Waals surface area (Å²) >= 11 is 4.76. The van der Waals surface area contributed by atoms with Crippen LogP contribution in [0.2, 0.25) is 5.15 Å². The number of hydrogen-bond acceptors (Lipinski definition) is 2. The second-order valence-electron chi connectivity index (χ2n) is 2.56. The summed E-state index contributed by atoms with van der Waals surface area (Å²) in [6, 6.07) is 3.56. The Morgan fingerprint density at radius 3 is 2.67 bits per heavy atom. The van der Waals surface area contributed by atoms with Crippen LogP contribution in [-0.4, -0.2) is 15.8 Å². The molecule has 0 N–H and O–H groups in total. The van der Waals surface area contributed by atoms with Gasteiger partial charge < -0.3 is 4.55 Å². The summed E-state index contributed by atoms with van der Waals surface area (Å²) in [4.78, 5) is 3.91. The SMILES string of the molecule is C[C@@H](c1ccc(Cl)nc1)[S+](C)[O-]. The monoisotopic (exact) mass is 203 g/mol. The molecule has 2 nitrogen and oxygen atoms in total. The molecule has 1 unspecified atom stereocenters. The lowest BCUT2D eigenvalue weighted by Gasteiger charge is -2.13. The smallest absolute Gasteiger partial charge is 0.139 e. The molecular formula is C8H10ClNOS. The summed E-state index contributed by atoms with van der Waals surface area (Å²) in [5, 5.41) is 0.489. The lowest BCUT2D eigenvalue weighted by molar-refractivity contribution is 0.591. The van der Waals surface area contributed by atoms with Crippen LogP contribution in [0, 0.1) is 0 Å². The van der Waals surface area contributed by atoms with E-state index < -0.39 is 11.2 Å². The summed E-state index contributed by atoms with van der Waals surface area (Å²) in [7, 11) is 0. The first kappa shape index (κ1) is 9.84. The fourth-order valence-corrected chi connectivity index (χ4v) is 1.45. The first-order valence-corrected chi connectivity index (χ1v) is 5.55. The van der Waals surface area contributed by atoms with Crippen molar-refractivity contribution in [2.45, 2.75) is 12.2 Å². The van der Waals surface area contributed by atoms with Crippen molar-refractivity contribution >= 4 is 22.8 Å². The number of rotatable bonds is 2. The maximum atomic E-state index is 11.1. The van der Waals surface area contributed by atoms with E-state index in [-0.39, 0.29) is 5.25 Å². The Bertz CT molecular complexity index is 250. The first-order chi connectivity index (χ1) is 5.61. The van der Waals surface area contributed by atoms with Gasteiger partial charge in [0.25, 0.3) is 0 Å². The standard InChI is InChI=1S/C8H10ClNOS/c1-6(12(2)11)7-3-4-8(9)10-5-7/h3-6H,1-2H3/t6-,12?/m0/s1. The average molecular weight is 204 g/mol. The van der Waals surface area contributed by atoms with Gasteiger partial charge in [-0.2, -0.15) is 0 Å². The molecule has 0 radical (unpaired) electrons. The predicted molar refractivity (Wildman–Crippen MR) is 51.7 cm³/mol. The van der Waals surface area contributed by atoms with E-state index in [1.54, 1.807) is 18.5 Å². The number of pyridine rings is 1. The second kappa shape index (κ2) is 4.12. The Hall–Kier alpha value is -0.250. The second-order valence-corrected chi connectivity index (χ2v) is 4.65. The summed E-state index contributed by atoms with van der Waals surface area (Å²) in [6.07, 6.45) is 3.34. The van der Waals surface area contributed by atoms with Gasteiger partial charge in [0.2, 0.25) is 0 Å². The molecule has 0 aliphatic carbocycles. The molecule has 0 spiro atoms. The van der Waals surface area contributed by atoms with Crippen LogP contribution in [0.3, 0.4) is 0 Å². The minimum absolute atomic E-state index is 0.0229. The summed E-state index contributed by atoms with van der Waals surface area (Å²) in [5.74, 6) is 0. The maximum Gasteiger partial charge on any atom is 0.139 e. The van der Waals surface area contributed by atoms with Crippen LogP contribution in [0.25, 0.3) is 0 Å². The van der Waals surface area contributed by atoms with E-state index in [4.69, 9.17) is 11.6 Å². The van der Waals surface area contributed by atoms with Gasteiger partial charge in [0.15, 0.2) is 0 Å². The normalized spacial score (nSPS) is 15.7. The zero-order valence-corrected chi connectivity index (χ0v) is 8.52. The molecule has 0 amide bonds. The van der Waals surface area contributed by atoms with Crippen LogP contribution in [0.15, 0.2) is 18.3 Å². The lowest BCUT2D eigenvalue weighted by Crippen LogP contribution is -2.07. The highest BCUT2D eigenvalue weighted by Crippen LogP contribution is 2.20. The van der Waals surface area contributed by atoms with E-state index in [1.807, 2.05) is 13.0 Å². The molecule has 4 heteroatoms. The highest BCUT2D eigenvalue weighted by Gasteiger charge is 2.13. The van der Waals surface area contributed by atoms with Crippen molar-refractivity contribution in [3.63, 3.8) is 0 Å². The third-order valence-corrected chi connectivity index (χ3v) is 3.21.